The third kappa shape index (κ3) is 3.81. The quantitative estimate of drug-likeness (QED) is 0.894. The maximum absolute atomic E-state index is 12.3. The molecule has 0 bridgehead atoms. The maximum Gasteiger partial charge on any atom is 0.319 e. The molecule has 0 unspecified atom stereocenters. The van der Waals surface area contributed by atoms with E-state index in [4.69, 9.17) is 4.52 Å². The molecule has 0 saturated carbocycles. The molecule has 0 aliphatic carbocycles. The van der Waals surface area contributed by atoms with Gasteiger partial charge in [-0.1, -0.05) is 5.16 Å². The third-order valence-electron chi connectivity index (χ3n) is 3.95. The van der Waals surface area contributed by atoms with Crippen LogP contribution in [0.4, 0.5) is 16.3 Å². The van der Waals surface area contributed by atoms with Gasteiger partial charge in [0.05, 0.1) is 5.69 Å². The fourth-order valence-corrected chi connectivity index (χ4v) is 2.76. The molecule has 3 rings (SSSR count). The van der Waals surface area contributed by atoms with E-state index in [9.17, 15) is 4.79 Å². The molecular weight excluding hydrogens is 308 g/mol. The van der Waals surface area contributed by atoms with Gasteiger partial charge in [0, 0.05) is 19.3 Å². The molecule has 2 amide bonds. The average Bonchev–Trinajstić information content (AvgIpc) is 3.03. The molecular formula is C16H22N6O2. The highest BCUT2D eigenvalue weighted by atomic mass is 16.5. The van der Waals surface area contributed by atoms with Crippen molar-refractivity contribution in [2.75, 3.05) is 23.3 Å². The molecule has 1 aliphatic heterocycles. The number of hydrogen-bond acceptors (Lipinski definition) is 6. The Balaban J connectivity index is 1.66. The lowest BCUT2D eigenvalue weighted by atomic mass is 10.1. The van der Waals surface area contributed by atoms with Crippen molar-refractivity contribution in [1.82, 2.24) is 20.4 Å². The van der Waals surface area contributed by atoms with Gasteiger partial charge < -0.3 is 20.1 Å². The number of amides is 2. The summed E-state index contributed by atoms with van der Waals surface area (Å²) in [5.74, 6) is 1.73. The van der Waals surface area contributed by atoms with Crippen molar-refractivity contribution < 1.29 is 9.32 Å². The Bertz CT molecular complexity index is 695. The number of nitrogens with zero attached hydrogens (tertiary/aromatic N) is 4. The number of anilines is 2. The Kier molecular flexibility index (Phi) is 4.93. The number of aryl methyl sites for hydroxylation is 1. The number of nitrogens with one attached hydrogen (secondary N) is 2. The topological polar surface area (TPSA) is 96.2 Å². The summed E-state index contributed by atoms with van der Waals surface area (Å²) in [4.78, 5) is 23.1. The number of aromatic nitrogens is 3. The highest BCUT2D eigenvalue weighted by Gasteiger charge is 2.19. The van der Waals surface area contributed by atoms with Crippen LogP contribution in [0, 0.1) is 6.92 Å². The molecule has 24 heavy (non-hydrogen) atoms. The molecule has 2 N–H and O–H groups in total. The Morgan fingerprint density at radius 1 is 1.33 bits per heavy atom. The lowest BCUT2D eigenvalue weighted by Crippen LogP contribution is -2.34. The minimum atomic E-state index is -0.374. The number of hydrogen-bond donors (Lipinski definition) is 2. The van der Waals surface area contributed by atoms with Crippen molar-refractivity contribution in [1.29, 1.82) is 0 Å². The van der Waals surface area contributed by atoms with Crippen molar-refractivity contribution in [3.05, 3.63) is 30.0 Å². The summed E-state index contributed by atoms with van der Waals surface area (Å²) in [6.45, 7) is 5.46. The predicted molar refractivity (Wildman–Crippen MR) is 89.9 cm³/mol. The minimum absolute atomic E-state index is 0.329. The second-order valence-electron chi connectivity index (χ2n) is 5.92. The number of urea groups is 1. The van der Waals surface area contributed by atoms with Crippen molar-refractivity contribution in [3.63, 3.8) is 0 Å². The van der Waals surface area contributed by atoms with Gasteiger partial charge >= 0.3 is 6.03 Å². The smallest absolute Gasteiger partial charge is 0.319 e. The molecule has 0 radical (unpaired) electrons. The first kappa shape index (κ1) is 16.2. The van der Waals surface area contributed by atoms with Gasteiger partial charge in [-0.2, -0.15) is 4.98 Å². The highest BCUT2D eigenvalue weighted by molar-refractivity contribution is 5.92. The van der Waals surface area contributed by atoms with E-state index in [2.05, 4.69) is 30.7 Å². The van der Waals surface area contributed by atoms with Gasteiger partial charge in [-0.3, -0.25) is 0 Å². The first-order valence-electron chi connectivity index (χ1n) is 8.21. The summed E-state index contributed by atoms with van der Waals surface area (Å²) in [6, 6.07) is 2.97. The Morgan fingerprint density at radius 2 is 2.12 bits per heavy atom. The molecule has 1 aliphatic rings. The minimum Gasteiger partial charge on any atom is -0.355 e. The second-order valence-corrected chi connectivity index (χ2v) is 5.92. The van der Waals surface area contributed by atoms with E-state index in [0.29, 0.717) is 17.4 Å². The lowest BCUT2D eigenvalue weighted by Gasteiger charge is -2.29. The molecule has 2 aromatic heterocycles. The molecule has 0 spiro atoms. The van der Waals surface area contributed by atoms with E-state index in [1.54, 1.807) is 20.0 Å². The van der Waals surface area contributed by atoms with Crippen LogP contribution in [0.5, 0.6) is 0 Å². The predicted octanol–water partition coefficient (Wildman–Crippen LogP) is 2.65. The van der Waals surface area contributed by atoms with Crippen molar-refractivity contribution in [2.45, 2.75) is 39.2 Å². The molecule has 8 heteroatoms. The number of rotatable bonds is 4. The van der Waals surface area contributed by atoms with Gasteiger partial charge in [0.25, 0.3) is 0 Å². The SMILES string of the molecule is Cc1noc([C@H](C)NC(=O)Nc2cccnc2N2CCCCC2)n1. The zero-order chi connectivity index (χ0) is 16.9. The Labute approximate surface area is 140 Å². The molecule has 0 aromatic carbocycles. The van der Waals surface area contributed by atoms with Crippen LogP contribution in [-0.2, 0) is 0 Å². The van der Waals surface area contributed by atoms with E-state index < -0.39 is 0 Å². The summed E-state index contributed by atoms with van der Waals surface area (Å²) < 4.78 is 5.07. The largest absolute Gasteiger partial charge is 0.355 e. The molecule has 3 heterocycles. The summed E-state index contributed by atoms with van der Waals surface area (Å²) in [6.07, 6.45) is 5.29. The first-order chi connectivity index (χ1) is 11.6. The number of pyridine rings is 1. The standard InChI is InChI=1S/C16H22N6O2/c1-11(15-19-12(2)21-24-15)18-16(23)20-13-7-6-8-17-14(13)22-9-4-3-5-10-22/h6-8,11H,3-5,9-10H2,1-2H3,(H2,18,20,23)/t11-/m0/s1. The summed E-state index contributed by atoms with van der Waals surface area (Å²) in [7, 11) is 0. The van der Waals surface area contributed by atoms with E-state index in [-0.39, 0.29) is 12.1 Å². The fourth-order valence-electron chi connectivity index (χ4n) is 2.76. The van der Waals surface area contributed by atoms with Crippen molar-refractivity contribution in [3.8, 4) is 0 Å². The maximum atomic E-state index is 12.3. The van der Waals surface area contributed by atoms with Gasteiger partial charge in [0.15, 0.2) is 11.6 Å². The van der Waals surface area contributed by atoms with E-state index >= 15 is 0 Å². The molecule has 128 valence electrons. The van der Waals surface area contributed by atoms with Gasteiger partial charge in [-0.15, -0.1) is 0 Å². The zero-order valence-electron chi connectivity index (χ0n) is 14.0. The van der Waals surface area contributed by atoms with Gasteiger partial charge in [-0.25, -0.2) is 9.78 Å². The molecule has 1 fully saturated rings. The number of carbonyl (C=O) groups excluding carboxylic acids is 1. The van der Waals surface area contributed by atoms with Crippen molar-refractivity contribution >= 4 is 17.5 Å². The van der Waals surface area contributed by atoms with Crippen LogP contribution in [0.1, 0.15) is 43.9 Å². The highest BCUT2D eigenvalue weighted by Crippen LogP contribution is 2.25. The molecule has 2 aromatic rings. The first-order valence-corrected chi connectivity index (χ1v) is 8.21. The van der Waals surface area contributed by atoms with Crippen LogP contribution in [-0.4, -0.2) is 34.2 Å². The third-order valence-corrected chi connectivity index (χ3v) is 3.95. The van der Waals surface area contributed by atoms with Gasteiger partial charge in [0.2, 0.25) is 5.89 Å². The second kappa shape index (κ2) is 7.29. The number of piperidine rings is 1. The van der Waals surface area contributed by atoms with Gasteiger partial charge in [-0.05, 0) is 45.2 Å². The van der Waals surface area contributed by atoms with Crippen molar-refractivity contribution in [2.24, 2.45) is 0 Å². The zero-order valence-corrected chi connectivity index (χ0v) is 14.0. The van der Waals surface area contributed by atoms with E-state index in [1.165, 1.54) is 6.42 Å². The van der Waals surface area contributed by atoms with Crippen LogP contribution in [0.2, 0.25) is 0 Å². The normalized spacial score (nSPS) is 15.8. The molecule has 8 nitrogen and oxygen atoms in total. The van der Waals surface area contributed by atoms with Crippen LogP contribution in [0.15, 0.2) is 22.9 Å². The van der Waals surface area contributed by atoms with E-state index in [0.717, 1.165) is 31.7 Å². The summed E-state index contributed by atoms with van der Waals surface area (Å²) in [5.41, 5.74) is 0.700. The monoisotopic (exact) mass is 330 g/mol. The Morgan fingerprint density at radius 3 is 2.83 bits per heavy atom. The van der Waals surface area contributed by atoms with Gasteiger partial charge in [0.1, 0.15) is 6.04 Å². The van der Waals surface area contributed by atoms with E-state index in [1.807, 2.05) is 12.1 Å². The molecule has 1 atom stereocenters. The lowest BCUT2D eigenvalue weighted by molar-refractivity contribution is 0.245. The van der Waals surface area contributed by atoms with Crippen LogP contribution in [0.3, 0.4) is 0 Å². The Hall–Kier alpha value is -2.64. The van der Waals surface area contributed by atoms with Crippen LogP contribution < -0.4 is 15.5 Å². The summed E-state index contributed by atoms with van der Waals surface area (Å²) >= 11 is 0. The van der Waals surface area contributed by atoms with Crippen LogP contribution in [0.25, 0.3) is 0 Å². The van der Waals surface area contributed by atoms with Crippen LogP contribution >= 0.6 is 0 Å². The fraction of sp³-hybridized carbons (Fsp3) is 0.500. The number of carbonyl (C=O) groups is 1. The average molecular weight is 330 g/mol. The summed E-state index contributed by atoms with van der Waals surface area (Å²) in [5, 5.41) is 9.40. The molecule has 1 saturated heterocycles.